The second-order valence-electron chi connectivity index (χ2n) is 7.76. The first-order valence-corrected chi connectivity index (χ1v) is 10.5. The molecule has 0 radical (unpaired) electrons. The molecule has 0 unspecified atom stereocenters. The number of anilines is 1. The van der Waals surface area contributed by atoms with Crippen LogP contribution in [0.1, 0.15) is 46.1 Å². The van der Waals surface area contributed by atoms with Crippen molar-refractivity contribution in [2.24, 2.45) is 5.41 Å². The van der Waals surface area contributed by atoms with Crippen molar-refractivity contribution in [2.75, 3.05) is 24.5 Å². The molecule has 0 N–H and O–H groups in total. The summed E-state index contributed by atoms with van der Waals surface area (Å²) in [5.41, 5.74) is 1.12. The van der Waals surface area contributed by atoms with E-state index in [-0.39, 0.29) is 17.6 Å². The maximum Gasteiger partial charge on any atom is 0.265 e. The second kappa shape index (κ2) is 7.28. The predicted molar refractivity (Wildman–Crippen MR) is 107 cm³/mol. The van der Waals surface area contributed by atoms with Crippen LogP contribution in [-0.2, 0) is 4.79 Å². The molecule has 0 saturated carbocycles. The molecule has 5 nitrogen and oxygen atoms in total. The minimum Gasteiger partial charge on any atom is -0.338 e. The van der Waals surface area contributed by atoms with Crippen LogP contribution in [0.4, 0.5) is 10.1 Å². The topological polar surface area (TPSA) is 53.5 Å². The van der Waals surface area contributed by atoms with Gasteiger partial charge in [0.15, 0.2) is 0 Å². The summed E-state index contributed by atoms with van der Waals surface area (Å²) < 4.78 is 13.2. The zero-order valence-corrected chi connectivity index (χ0v) is 17.0. The standard InChI is InChI=1S/C21H24FN3O2S/c1-14-18(28-15(2)23-14)19(26)24-12-9-21(10-13-24)8-3-11-25(20(21)27)17-6-4-16(22)5-7-17/h4-7H,3,8-13H2,1-2H3. The van der Waals surface area contributed by atoms with E-state index in [0.717, 1.165) is 29.2 Å². The van der Waals surface area contributed by atoms with E-state index in [1.807, 2.05) is 18.7 Å². The van der Waals surface area contributed by atoms with Crippen molar-refractivity contribution in [3.05, 3.63) is 45.7 Å². The number of likely N-dealkylation sites (tertiary alicyclic amines) is 1. The molecular formula is C21H24FN3O2S. The Bertz CT molecular complexity index is 901. The summed E-state index contributed by atoms with van der Waals surface area (Å²) in [6.45, 7) is 5.60. The van der Waals surface area contributed by atoms with Crippen molar-refractivity contribution in [2.45, 2.75) is 39.5 Å². The Morgan fingerprint density at radius 2 is 1.79 bits per heavy atom. The predicted octanol–water partition coefficient (Wildman–Crippen LogP) is 3.95. The van der Waals surface area contributed by atoms with Crippen molar-refractivity contribution in [3.8, 4) is 0 Å². The van der Waals surface area contributed by atoms with Crippen molar-refractivity contribution in [3.63, 3.8) is 0 Å². The second-order valence-corrected chi connectivity index (χ2v) is 8.96. The average molecular weight is 402 g/mol. The molecule has 3 heterocycles. The summed E-state index contributed by atoms with van der Waals surface area (Å²) >= 11 is 1.43. The normalized spacial score (nSPS) is 19.3. The molecular weight excluding hydrogens is 377 g/mol. The van der Waals surface area contributed by atoms with Gasteiger partial charge in [0.1, 0.15) is 10.7 Å². The monoisotopic (exact) mass is 401 g/mol. The summed E-state index contributed by atoms with van der Waals surface area (Å²) in [6, 6.07) is 6.12. The van der Waals surface area contributed by atoms with E-state index >= 15 is 0 Å². The van der Waals surface area contributed by atoms with Gasteiger partial charge in [-0.2, -0.15) is 0 Å². The minimum atomic E-state index is -0.415. The summed E-state index contributed by atoms with van der Waals surface area (Å²) in [6.07, 6.45) is 3.12. The molecule has 148 valence electrons. The first kappa shape index (κ1) is 19.1. The van der Waals surface area contributed by atoms with Crippen LogP contribution in [0.25, 0.3) is 0 Å². The largest absolute Gasteiger partial charge is 0.338 e. The van der Waals surface area contributed by atoms with Crippen LogP contribution in [0.2, 0.25) is 0 Å². The van der Waals surface area contributed by atoms with Gasteiger partial charge in [-0.25, -0.2) is 9.37 Å². The van der Waals surface area contributed by atoms with Crippen LogP contribution in [0, 0.1) is 25.1 Å². The highest BCUT2D eigenvalue weighted by atomic mass is 32.1. The molecule has 1 spiro atoms. The lowest BCUT2D eigenvalue weighted by Crippen LogP contribution is -2.54. The Morgan fingerprint density at radius 3 is 2.39 bits per heavy atom. The van der Waals surface area contributed by atoms with E-state index < -0.39 is 5.41 Å². The number of aryl methyl sites for hydroxylation is 2. The van der Waals surface area contributed by atoms with Gasteiger partial charge in [0.25, 0.3) is 5.91 Å². The van der Waals surface area contributed by atoms with Crippen LogP contribution >= 0.6 is 11.3 Å². The molecule has 0 bridgehead atoms. The molecule has 0 atom stereocenters. The van der Waals surface area contributed by atoms with E-state index in [9.17, 15) is 14.0 Å². The third-order valence-electron chi connectivity index (χ3n) is 5.98. The molecule has 2 saturated heterocycles. The van der Waals surface area contributed by atoms with Gasteiger partial charge in [-0.3, -0.25) is 9.59 Å². The Balaban J connectivity index is 1.48. The van der Waals surface area contributed by atoms with Crippen molar-refractivity contribution in [1.29, 1.82) is 0 Å². The fourth-order valence-corrected chi connectivity index (χ4v) is 5.30. The number of thiazole rings is 1. The van der Waals surface area contributed by atoms with Crippen LogP contribution < -0.4 is 4.90 Å². The number of carbonyl (C=O) groups excluding carboxylic acids is 2. The number of amides is 2. The molecule has 2 aliphatic rings. The minimum absolute atomic E-state index is 0.0246. The molecule has 2 aromatic rings. The SMILES string of the molecule is Cc1nc(C)c(C(=O)N2CCC3(CCCN(c4ccc(F)cc4)C3=O)CC2)s1. The van der Waals surface area contributed by atoms with Gasteiger partial charge in [-0.1, -0.05) is 0 Å². The first-order chi connectivity index (χ1) is 13.4. The van der Waals surface area contributed by atoms with Crippen LogP contribution in [0.3, 0.4) is 0 Å². The molecule has 1 aromatic carbocycles. The molecule has 2 fully saturated rings. The third kappa shape index (κ3) is 3.32. The Kier molecular flexibility index (Phi) is 4.95. The quantitative estimate of drug-likeness (QED) is 0.766. The van der Waals surface area contributed by atoms with E-state index in [1.54, 1.807) is 17.0 Å². The van der Waals surface area contributed by atoms with Crippen LogP contribution in [0.5, 0.6) is 0 Å². The summed E-state index contributed by atoms with van der Waals surface area (Å²) in [4.78, 5) is 34.9. The smallest absolute Gasteiger partial charge is 0.265 e. The Morgan fingerprint density at radius 1 is 1.11 bits per heavy atom. The molecule has 4 rings (SSSR count). The van der Waals surface area contributed by atoms with Gasteiger partial charge in [0.2, 0.25) is 5.91 Å². The number of rotatable bonds is 2. The lowest BCUT2D eigenvalue weighted by Gasteiger charge is -2.46. The number of benzene rings is 1. The highest BCUT2D eigenvalue weighted by molar-refractivity contribution is 7.13. The van der Waals surface area contributed by atoms with E-state index in [1.165, 1.54) is 23.5 Å². The lowest BCUT2D eigenvalue weighted by atomic mass is 9.71. The molecule has 0 aliphatic carbocycles. The number of aromatic nitrogens is 1. The van der Waals surface area contributed by atoms with Gasteiger partial charge >= 0.3 is 0 Å². The first-order valence-electron chi connectivity index (χ1n) is 9.70. The van der Waals surface area contributed by atoms with Crippen molar-refractivity contribution >= 4 is 28.8 Å². The maximum absolute atomic E-state index is 13.3. The molecule has 1 aromatic heterocycles. The summed E-state index contributed by atoms with van der Waals surface area (Å²) in [5, 5.41) is 0.895. The van der Waals surface area contributed by atoms with Crippen LogP contribution in [0.15, 0.2) is 24.3 Å². The Labute approximate surface area is 168 Å². The van der Waals surface area contributed by atoms with Crippen molar-refractivity contribution in [1.82, 2.24) is 9.88 Å². The number of halogens is 1. The zero-order valence-electron chi connectivity index (χ0n) is 16.2. The number of hydrogen-bond donors (Lipinski definition) is 0. The van der Waals surface area contributed by atoms with Gasteiger partial charge < -0.3 is 9.80 Å². The maximum atomic E-state index is 13.3. The van der Waals surface area contributed by atoms with E-state index in [0.29, 0.717) is 37.4 Å². The summed E-state index contributed by atoms with van der Waals surface area (Å²) in [5.74, 6) is -0.165. The zero-order chi connectivity index (χ0) is 19.9. The van der Waals surface area contributed by atoms with Gasteiger partial charge in [0.05, 0.1) is 16.1 Å². The fraction of sp³-hybridized carbons (Fsp3) is 0.476. The Hall–Kier alpha value is -2.28. The molecule has 2 aliphatic heterocycles. The third-order valence-corrected chi connectivity index (χ3v) is 7.04. The van der Waals surface area contributed by atoms with Gasteiger partial charge in [-0.05, 0) is 63.8 Å². The molecule has 28 heavy (non-hydrogen) atoms. The average Bonchev–Trinajstić information content (AvgIpc) is 3.03. The fourth-order valence-electron chi connectivity index (χ4n) is 4.41. The van der Waals surface area contributed by atoms with Gasteiger partial charge in [-0.15, -0.1) is 11.3 Å². The van der Waals surface area contributed by atoms with Crippen LogP contribution in [-0.4, -0.2) is 41.3 Å². The molecule has 7 heteroatoms. The van der Waals surface area contributed by atoms with E-state index in [4.69, 9.17) is 0 Å². The molecule has 2 amide bonds. The number of hydrogen-bond acceptors (Lipinski definition) is 4. The van der Waals surface area contributed by atoms with Crippen molar-refractivity contribution < 1.29 is 14.0 Å². The highest BCUT2D eigenvalue weighted by Crippen LogP contribution is 2.42. The number of carbonyl (C=O) groups is 2. The number of nitrogens with zero attached hydrogens (tertiary/aromatic N) is 3. The van der Waals surface area contributed by atoms with Gasteiger partial charge in [0, 0.05) is 25.3 Å². The lowest BCUT2D eigenvalue weighted by molar-refractivity contribution is -0.133. The summed E-state index contributed by atoms with van der Waals surface area (Å²) in [7, 11) is 0. The number of piperidine rings is 2. The van der Waals surface area contributed by atoms with E-state index in [2.05, 4.69) is 4.98 Å². The highest BCUT2D eigenvalue weighted by Gasteiger charge is 2.46.